The SMILES string of the molecule is O=C(c1ccc(-n2cccn2)nc1)N1CCC[C@@H]1c1cnccn1. The number of aromatic nitrogens is 5. The number of hydrogen-bond acceptors (Lipinski definition) is 5. The molecule has 3 aromatic heterocycles. The van der Waals surface area contributed by atoms with E-state index in [2.05, 4.69) is 20.1 Å². The van der Waals surface area contributed by atoms with E-state index in [9.17, 15) is 4.79 Å². The van der Waals surface area contributed by atoms with Gasteiger partial charge in [-0.1, -0.05) is 0 Å². The first-order chi connectivity index (χ1) is 11.8. The van der Waals surface area contributed by atoms with Crippen LogP contribution in [0, 0.1) is 0 Å². The first kappa shape index (κ1) is 14.5. The van der Waals surface area contributed by atoms with E-state index in [0.717, 1.165) is 25.1 Å². The van der Waals surface area contributed by atoms with E-state index in [0.29, 0.717) is 11.4 Å². The zero-order valence-electron chi connectivity index (χ0n) is 13.0. The van der Waals surface area contributed by atoms with Gasteiger partial charge in [-0.15, -0.1) is 0 Å². The van der Waals surface area contributed by atoms with E-state index in [4.69, 9.17) is 0 Å². The Balaban J connectivity index is 1.56. The quantitative estimate of drug-likeness (QED) is 0.738. The number of likely N-dealkylation sites (tertiary alicyclic amines) is 1. The largest absolute Gasteiger partial charge is 0.330 e. The highest BCUT2D eigenvalue weighted by Gasteiger charge is 2.31. The van der Waals surface area contributed by atoms with Gasteiger partial charge in [0.25, 0.3) is 5.91 Å². The summed E-state index contributed by atoms with van der Waals surface area (Å²) in [5.74, 6) is 0.658. The first-order valence-corrected chi connectivity index (χ1v) is 7.86. The second-order valence-corrected chi connectivity index (χ2v) is 5.64. The fraction of sp³-hybridized carbons (Fsp3) is 0.235. The maximum Gasteiger partial charge on any atom is 0.255 e. The standard InChI is InChI=1S/C17H16N6O/c24-17(13-4-5-16(20-11-13)23-10-2-6-21-23)22-9-1-3-15(22)14-12-18-7-8-19-14/h2,4-8,10-12,15H,1,3,9H2/t15-/m1/s1. The van der Waals surface area contributed by atoms with Gasteiger partial charge in [0.1, 0.15) is 0 Å². The molecule has 4 heterocycles. The Hall–Kier alpha value is -3.09. The molecule has 1 saturated heterocycles. The summed E-state index contributed by atoms with van der Waals surface area (Å²) >= 11 is 0. The molecule has 120 valence electrons. The van der Waals surface area contributed by atoms with Crippen molar-refractivity contribution < 1.29 is 4.79 Å². The van der Waals surface area contributed by atoms with Crippen LogP contribution in [0.25, 0.3) is 5.82 Å². The van der Waals surface area contributed by atoms with Crippen LogP contribution in [0.2, 0.25) is 0 Å². The lowest BCUT2D eigenvalue weighted by Crippen LogP contribution is -2.31. The highest BCUT2D eigenvalue weighted by molar-refractivity contribution is 5.94. The van der Waals surface area contributed by atoms with Gasteiger partial charge in [-0.05, 0) is 31.0 Å². The highest BCUT2D eigenvalue weighted by atomic mass is 16.2. The maximum absolute atomic E-state index is 12.8. The summed E-state index contributed by atoms with van der Waals surface area (Å²) in [6, 6.07) is 5.40. The molecule has 1 aliphatic heterocycles. The van der Waals surface area contributed by atoms with Crippen molar-refractivity contribution in [3.63, 3.8) is 0 Å². The van der Waals surface area contributed by atoms with Crippen LogP contribution >= 0.6 is 0 Å². The molecule has 1 aliphatic rings. The Morgan fingerprint density at radius 1 is 1.12 bits per heavy atom. The molecule has 1 fully saturated rings. The van der Waals surface area contributed by atoms with E-state index in [1.165, 1.54) is 0 Å². The molecule has 7 heteroatoms. The van der Waals surface area contributed by atoms with Gasteiger partial charge in [0, 0.05) is 37.5 Å². The lowest BCUT2D eigenvalue weighted by atomic mass is 10.1. The van der Waals surface area contributed by atoms with Crippen molar-refractivity contribution in [1.82, 2.24) is 29.6 Å². The first-order valence-electron chi connectivity index (χ1n) is 7.86. The van der Waals surface area contributed by atoms with Gasteiger partial charge < -0.3 is 4.90 Å². The second-order valence-electron chi connectivity index (χ2n) is 5.64. The van der Waals surface area contributed by atoms with E-state index < -0.39 is 0 Å². The van der Waals surface area contributed by atoms with Crippen molar-refractivity contribution in [3.8, 4) is 5.82 Å². The average molecular weight is 320 g/mol. The Bertz CT molecular complexity index is 816. The van der Waals surface area contributed by atoms with Crippen molar-refractivity contribution in [2.45, 2.75) is 18.9 Å². The Morgan fingerprint density at radius 3 is 2.79 bits per heavy atom. The molecule has 0 aromatic carbocycles. The number of hydrogen-bond donors (Lipinski definition) is 0. The number of pyridine rings is 1. The number of carbonyl (C=O) groups is 1. The van der Waals surface area contributed by atoms with Crippen LogP contribution in [0.3, 0.4) is 0 Å². The fourth-order valence-corrected chi connectivity index (χ4v) is 3.02. The topological polar surface area (TPSA) is 76.8 Å². The van der Waals surface area contributed by atoms with Gasteiger partial charge in [-0.25, -0.2) is 9.67 Å². The summed E-state index contributed by atoms with van der Waals surface area (Å²) in [4.78, 5) is 27.5. The number of nitrogens with zero attached hydrogens (tertiary/aromatic N) is 6. The Morgan fingerprint density at radius 2 is 2.08 bits per heavy atom. The smallest absolute Gasteiger partial charge is 0.255 e. The summed E-state index contributed by atoms with van der Waals surface area (Å²) < 4.78 is 1.66. The Kier molecular flexibility index (Phi) is 3.74. The highest BCUT2D eigenvalue weighted by Crippen LogP contribution is 2.31. The fourth-order valence-electron chi connectivity index (χ4n) is 3.02. The third-order valence-corrected chi connectivity index (χ3v) is 4.17. The molecular weight excluding hydrogens is 304 g/mol. The zero-order chi connectivity index (χ0) is 16.4. The van der Waals surface area contributed by atoms with Crippen LogP contribution in [-0.2, 0) is 0 Å². The minimum Gasteiger partial charge on any atom is -0.330 e. The molecule has 0 aliphatic carbocycles. The Labute approximate surface area is 139 Å². The summed E-state index contributed by atoms with van der Waals surface area (Å²) in [6.45, 7) is 0.723. The minimum atomic E-state index is -0.0253. The van der Waals surface area contributed by atoms with E-state index in [1.54, 1.807) is 47.8 Å². The molecule has 1 amide bonds. The summed E-state index contributed by atoms with van der Waals surface area (Å²) in [5, 5.41) is 4.13. The van der Waals surface area contributed by atoms with Crippen LogP contribution in [0.5, 0.6) is 0 Å². The van der Waals surface area contributed by atoms with Gasteiger partial charge in [-0.2, -0.15) is 5.10 Å². The predicted octanol–water partition coefficient (Wildman–Crippen LogP) is 2.03. The summed E-state index contributed by atoms with van der Waals surface area (Å²) in [7, 11) is 0. The van der Waals surface area contributed by atoms with E-state index in [1.807, 2.05) is 17.2 Å². The van der Waals surface area contributed by atoms with Gasteiger partial charge in [-0.3, -0.25) is 14.8 Å². The predicted molar refractivity (Wildman–Crippen MR) is 86.4 cm³/mol. The summed E-state index contributed by atoms with van der Waals surface area (Å²) in [6.07, 6.45) is 12.0. The van der Waals surface area contributed by atoms with Crippen molar-refractivity contribution in [2.75, 3.05) is 6.54 Å². The van der Waals surface area contributed by atoms with Crippen molar-refractivity contribution in [1.29, 1.82) is 0 Å². The monoisotopic (exact) mass is 320 g/mol. The number of rotatable bonds is 3. The molecule has 0 unspecified atom stereocenters. The van der Waals surface area contributed by atoms with Crippen molar-refractivity contribution in [3.05, 3.63) is 66.6 Å². The molecule has 7 nitrogen and oxygen atoms in total. The second kappa shape index (κ2) is 6.19. The maximum atomic E-state index is 12.8. The third kappa shape index (κ3) is 2.64. The molecule has 24 heavy (non-hydrogen) atoms. The molecule has 1 atom stereocenters. The van der Waals surface area contributed by atoms with Crippen molar-refractivity contribution >= 4 is 5.91 Å². The minimum absolute atomic E-state index is 0.0167. The molecule has 4 rings (SSSR count). The molecule has 3 aromatic rings. The number of carbonyl (C=O) groups excluding carboxylic acids is 1. The molecular formula is C17H16N6O. The molecule has 0 N–H and O–H groups in total. The molecule has 0 radical (unpaired) electrons. The normalized spacial score (nSPS) is 17.2. The van der Waals surface area contributed by atoms with Gasteiger partial charge in [0.05, 0.1) is 23.5 Å². The zero-order valence-corrected chi connectivity index (χ0v) is 13.0. The number of amides is 1. The van der Waals surface area contributed by atoms with E-state index in [-0.39, 0.29) is 11.9 Å². The van der Waals surface area contributed by atoms with Gasteiger partial charge in [0.2, 0.25) is 0 Å². The van der Waals surface area contributed by atoms with Crippen LogP contribution in [0.15, 0.2) is 55.4 Å². The molecule has 0 saturated carbocycles. The molecule has 0 spiro atoms. The lowest BCUT2D eigenvalue weighted by Gasteiger charge is -2.24. The lowest BCUT2D eigenvalue weighted by molar-refractivity contribution is 0.0732. The van der Waals surface area contributed by atoms with Crippen molar-refractivity contribution in [2.24, 2.45) is 0 Å². The van der Waals surface area contributed by atoms with Crippen LogP contribution in [0.4, 0.5) is 0 Å². The van der Waals surface area contributed by atoms with Crippen LogP contribution in [0.1, 0.15) is 34.9 Å². The van der Waals surface area contributed by atoms with Gasteiger partial charge in [0.15, 0.2) is 5.82 Å². The van der Waals surface area contributed by atoms with E-state index >= 15 is 0 Å². The van der Waals surface area contributed by atoms with Crippen LogP contribution < -0.4 is 0 Å². The molecule has 0 bridgehead atoms. The average Bonchev–Trinajstić information content (AvgIpc) is 3.34. The van der Waals surface area contributed by atoms with Gasteiger partial charge >= 0.3 is 0 Å². The third-order valence-electron chi connectivity index (χ3n) is 4.17. The summed E-state index contributed by atoms with van der Waals surface area (Å²) in [5.41, 5.74) is 1.41. The van der Waals surface area contributed by atoms with Crippen LogP contribution in [-0.4, -0.2) is 42.1 Å².